The van der Waals surface area contributed by atoms with Gasteiger partial charge in [0.1, 0.15) is 5.75 Å². The van der Waals surface area contributed by atoms with Crippen LogP contribution in [0.2, 0.25) is 0 Å². The molecule has 1 aromatic carbocycles. The Hall–Kier alpha value is -1.76. The molecule has 0 aliphatic heterocycles. The van der Waals surface area contributed by atoms with Crippen LogP contribution in [-0.4, -0.2) is 6.61 Å². The van der Waals surface area contributed by atoms with E-state index >= 15 is 0 Å². The highest BCUT2D eigenvalue weighted by Crippen LogP contribution is 2.16. The Kier molecular flexibility index (Phi) is 13.4. The van der Waals surface area contributed by atoms with Gasteiger partial charge in [-0.1, -0.05) is 68.7 Å². The van der Waals surface area contributed by atoms with Gasteiger partial charge in [-0.05, 0) is 62.6 Å². The van der Waals surface area contributed by atoms with Crippen LogP contribution >= 0.6 is 0 Å². The Morgan fingerprint density at radius 3 is 2.52 bits per heavy atom. The fraction of sp³-hybridized carbons (Fsp3) is 0.500. The van der Waals surface area contributed by atoms with Gasteiger partial charge in [-0.2, -0.15) is 0 Å². The Balaban J connectivity index is 1.99. The van der Waals surface area contributed by atoms with Crippen molar-refractivity contribution in [2.45, 2.75) is 71.1 Å². The second-order valence-electron chi connectivity index (χ2n) is 6.51. The Morgan fingerprint density at radius 1 is 0.920 bits per heavy atom. The van der Waals surface area contributed by atoms with Crippen LogP contribution in [-0.2, 0) is 6.42 Å². The number of ether oxygens (including phenoxy) is 1. The molecule has 0 heterocycles. The van der Waals surface area contributed by atoms with E-state index in [9.17, 15) is 0 Å². The van der Waals surface area contributed by atoms with Gasteiger partial charge < -0.3 is 4.74 Å². The highest BCUT2D eigenvalue weighted by molar-refractivity contribution is 5.28. The van der Waals surface area contributed by atoms with Gasteiger partial charge >= 0.3 is 0 Å². The third-order valence-electron chi connectivity index (χ3n) is 4.12. The van der Waals surface area contributed by atoms with E-state index in [2.05, 4.69) is 62.1 Å². The zero-order chi connectivity index (χ0) is 18.0. The molecule has 1 rings (SSSR count). The van der Waals surface area contributed by atoms with Crippen LogP contribution in [0.3, 0.4) is 0 Å². The molecule has 0 aliphatic rings. The average Bonchev–Trinajstić information content (AvgIpc) is 2.64. The highest BCUT2D eigenvalue weighted by atomic mass is 16.5. The zero-order valence-corrected chi connectivity index (χ0v) is 16.1. The van der Waals surface area contributed by atoms with E-state index in [-0.39, 0.29) is 0 Å². The second kappa shape index (κ2) is 15.7. The van der Waals surface area contributed by atoms with Gasteiger partial charge in [0.25, 0.3) is 0 Å². The van der Waals surface area contributed by atoms with Gasteiger partial charge in [0, 0.05) is 0 Å². The van der Waals surface area contributed by atoms with Crippen molar-refractivity contribution in [3.05, 3.63) is 66.8 Å². The molecule has 0 N–H and O–H groups in total. The lowest BCUT2D eigenvalue weighted by Crippen LogP contribution is -1.95. The summed E-state index contributed by atoms with van der Waals surface area (Å²) in [7, 11) is 0. The van der Waals surface area contributed by atoms with E-state index in [0.717, 1.165) is 31.6 Å². The van der Waals surface area contributed by atoms with Crippen LogP contribution in [0.25, 0.3) is 0 Å². The van der Waals surface area contributed by atoms with Gasteiger partial charge in [0.2, 0.25) is 0 Å². The normalized spacial score (nSPS) is 11.4. The maximum atomic E-state index is 5.70. The molecule has 0 radical (unpaired) electrons. The van der Waals surface area contributed by atoms with Crippen molar-refractivity contribution in [3.8, 4) is 5.75 Å². The van der Waals surface area contributed by atoms with E-state index < -0.39 is 0 Å². The molecule has 0 atom stereocenters. The fourth-order valence-corrected chi connectivity index (χ4v) is 2.71. The van der Waals surface area contributed by atoms with Gasteiger partial charge in [-0.25, -0.2) is 0 Å². The van der Waals surface area contributed by atoms with Crippen LogP contribution in [0, 0.1) is 0 Å². The van der Waals surface area contributed by atoms with Gasteiger partial charge in [-0.3, -0.25) is 0 Å². The smallest absolute Gasteiger partial charge is 0.119 e. The van der Waals surface area contributed by atoms with Crippen molar-refractivity contribution in [1.82, 2.24) is 0 Å². The quantitative estimate of drug-likeness (QED) is 0.238. The summed E-state index contributed by atoms with van der Waals surface area (Å²) >= 11 is 0. The molecule has 138 valence electrons. The van der Waals surface area contributed by atoms with Crippen molar-refractivity contribution in [2.24, 2.45) is 0 Å². The number of unbranched alkanes of at least 4 members (excludes halogenated alkanes) is 5. The minimum Gasteiger partial charge on any atom is -0.494 e. The molecule has 0 aromatic heterocycles. The SMILES string of the molecule is C=CC/C=C\C/C=C\CCCCCCCc1cccc(OCCC)c1. The predicted octanol–water partition coefficient (Wildman–Crippen LogP) is 7.44. The standard InChI is InChI=1S/C24H36O/c1-3-5-6-7-8-9-10-11-12-13-14-15-16-18-23-19-17-20-24(22-23)25-21-4-2/h3,6-7,9-10,17,19-20,22H,1,4-5,8,11-16,18,21H2,2H3/b7-6-,10-9-. The number of aryl methyl sites for hydroxylation is 1. The number of allylic oxidation sites excluding steroid dienone is 5. The van der Waals surface area contributed by atoms with Crippen LogP contribution < -0.4 is 4.74 Å². The lowest BCUT2D eigenvalue weighted by Gasteiger charge is -2.07. The van der Waals surface area contributed by atoms with Gasteiger partial charge in [0.15, 0.2) is 0 Å². The molecule has 0 spiro atoms. The Bertz CT molecular complexity index is 499. The molecule has 1 nitrogen and oxygen atoms in total. The summed E-state index contributed by atoms with van der Waals surface area (Å²) in [5, 5.41) is 0. The largest absolute Gasteiger partial charge is 0.494 e. The first-order chi connectivity index (χ1) is 12.4. The summed E-state index contributed by atoms with van der Waals surface area (Å²) in [5.41, 5.74) is 1.40. The summed E-state index contributed by atoms with van der Waals surface area (Å²) in [4.78, 5) is 0. The molecule has 1 heteroatoms. The molecule has 0 aliphatic carbocycles. The molecule has 0 saturated carbocycles. The van der Waals surface area contributed by atoms with E-state index in [0.29, 0.717) is 0 Å². The van der Waals surface area contributed by atoms with Gasteiger partial charge in [-0.15, -0.1) is 6.58 Å². The van der Waals surface area contributed by atoms with Gasteiger partial charge in [0.05, 0.1) is 6.61 Å². The third kappa shape index (κ3) is 12.3. The minimum atomic E-state index is 0.809. The fourth-order valence-electron chi connectivity index (χ4n) is 2.71. The lowest BCUT2D eigenvalue weighted by atomic mass is 10.0. The van der Waals surface area contributed by atoms with Crippen molar-refractivity contribution in [2.75, 3.05) is 6.61 Å². The molecule has 0 amide bonds. The molecule has 25 heavy (non-hydrogen) atoms. The molecule has 0 bridgehead atoms. The monoisotopic (exact) mass is 340 g/mol. The first-order valence-electron chi connectivity index (χ1n) is 9.99. The van der Waals surface area contributed by atoms with Crippen molar-refractivity contribution >= 4 is 0 Å². The van der Waals surface area contributed by atoms with Crippen LogP contribution in [0.4, 0.5) is 0 Å². The minimum absolute atomic E-state index is 0.809. The maximum absolute atomic E-state index is 5.70. The molecule has 0 fully saturated rings. The van der Waals surface area contributed by atoms with E-state index in [4.69, 9.17) is 4.74 Å². The van der Waals surface area contributed by atoms with Crippen LogP contribution in [0.1, 0.15) is 70.3 Å². The van der Waals surface area contributed by atoms with E-state index in [1.807, 2.05) is 6.08 Å². The molecule has 1 aromatic rings. The average molecular weight is 341 g/mol. The number of hydrogen-bond donors (Lipinski definition) is 0. The Morgan fingerprint density at radius 2 is 1.68 bits per heavy atom. The van der Waals surface area contributed by atoms with Crippen molar-refractivity contribution < 1.29 is 4.74 Å². The number of benzene rings is 1. The summed E-state index contributed by atoms with van der Waals surface area (Å²) in [5.74, 6) is 1.02. The lowest BCUT2D eigenvalue weighted by molar-refractivity contribution is 0.317. The highest BCUT2D eigenvalue weighted by Gasteiger charge is 1.97. The molecule has 0 saturated heterocycles. The first-order valence-corrected chi connectivity index (χ1v) is 9.99. The number of hydrogen-bond acceptors (Lipinski definition) is 1. The molecular weight excluding hydrogens is 304 g/mol. The molecular formula is C24H36O. The number of rotatable bonds is 15. The third-order valence-corrected chi connectivity index (χ3v) is 4.12. The van der Waals surface area contributed by atoms with Crippen LogP contribution in [0.15, 0.2) is 61.2 Å². The predicted molar refractivity (Wildman–Crippen MR) is 111 cm³/mol. The summed E-state index contributed by atoms with van der Waals surface area (Å²) in [6, 6.07) is 8.58. The Labute approximate surface area is 155 Å². The topological polar surface area (TPSA) is 9.23 Å². The molecule has 0 unspecified atom stereocenters. The maximum Gasteiger partial charge on any atom is 0.119 e. The summed E-state index contributed by atoms with van der Waals surface area (Å²) < 4.78 is 5.70. The summed E-state index contributed by atoms with van der Waals surface area (Å²) in [6.07, 6.45) is 23.0. The van der Waals surface area contributed by atoms with E-state index in [1.165, 1.54) is 50.5 Å². The van der Waals surface area contributed by atoms with Crippen molar-refractivity contribution in [1.29, 1.82) is 0 Å². The first kappa shape index (κ1) is 21.3. The zero-order valence-electron chi connectivity index (χ0n) is 16.1. The van der Waals surface area contributed by atoms with Crippen LogP contribution in [0.5, 0.6) is 5.75 Å². The summed E-state index contributed by atoms with van der Waals surface area (Å²) in [6.45, 7) is 6.65. The second-order valence-corrected chi connectivity index (χ2v) is 6.51. The van der Waals surface area contributed by atoms with Crippen molar-refractivity contribution in [3.63, 3.8) is 0 Å². The van der Waals surface area contributed by atoms with E-state index in [1.54, 1.807) is 0 Å².